The van der Waals surface area contributed by atoms with Crippen LogP contribution < -0.4 is 0 Å². The Bertz CT molecular complexity index is 2590. The topological polar surface area (TPSA) is 260 Å². The largest absolute Gasteiger partial charge is 0.471 e. The molecule has 0 bridgehead atoms. The Balaban J connectivity index is -0.000000954. The molecule has 0 atom stereocenters. The highest BCUT2D eigenvalue weighted by atomic mass is 32.2. The molecule has 0 radical (unpaired) electrons. The fourth-order valence-electron chi connectivity index (χ4n) is 8.21. The van der Waals surface area contributed by atoms with Crippen molar-refractivity contribution in [3.05, 3.63) is 0 Å². The molecule has 0 aromatic carbocycles. The first-order valence-corrected chi connectivity index (χ1v) is 40.5. The number of halogens is 3. The molecule has 0 spiro atoms. The molecule has 5 saturated heterocycles. The van der Waals surface area contributed by atoms with Gasteiger partial charge in [0.05, 0.1) is 44.7 Å². The van der Waals surface area contributed by atoms with Crippen molar-refractivity contribution in [3.8, 4) is 0 Å². The van der Waals surface area contributed by atoms with E-state index in [1.807, 2.05) is 48.5 Å². The van der Waals surface area contributed by atoms with Crippen LogP contribution in [0.25, 0.3) is 0 Å². The van der Waals surface area contributed by atoms with Crippen molar-refractivity contribution in [2.24, 2.45) is 0 Å². The molecule has 5 rings (SSSR count). The quantitative estimate of drug-likeness (QED) is 0.149. The maximum absolute atomic E-state index is 12.1. The van der Waals surface area contributed by atoms with Gasteiger partial charge < -0.3 is 9.64 Å². The van der Waals surface area contributed by atoms with Crippen LogP contribution in [0.5, 0.6) is 0 Å². The second kappa shape index (κ2) is 41.5. The third kappa shape index (κ3) is 32.7. The van der Waals surface area contributed by atoms with E-state index in [2.05, 4.69) is 23.6 Å². The van der Waals surface area contributed by atoms with Crippen LogP contribution in [-0.4, -0.2) is 278 Å². The van der Waals surface area contributed by atoms with Gasteiger partial charge in [0.2, 0.25) is 60.1 Å². The van der Waals surface area contributed by atoms with E-state index in [9.17, 15) is 68.5 Å². The predicted molar refractivity (Wildman–Crippen MR) is 358 cm³/mol. The van der Waals surface area contributed by atoms with Gasteiger partial charge in [-0.2, -0.15) is 17.5 Å². The van der Waals surface area contributed by atoms with Gasteiger partial charge in [-0.3, -0.25) is 14.6 Å². The summed E-state index contributed by atoms with van der Waals surface area (Å²) in [5.41, 5.74) is -0.330. The molecule has 0 aliphatic carbocycles. The Morgan fingerprint density at radius 1 is 0.416 bits per heavy atom. The third-order valence-electron chi connectivity index (χ3n) is 15.1. The molecule has 89 heavy (non-hydrogen) atoms. The number of carbonyl (C=O) groups is 1. The number of nitrogens with zero attached hydrogens (tertiary/aromatic N) is 9. The first-order valence-electron chi connectivity index (χ1n) is 31.5. The summed E-state index contributed by atoms with van der Waals surface area (Å²) in [5, 5.41) is -1.75. The average molecular weight is 1410 g/mol. The number of sulfonamides is 6. The van der Waals surface area contributed by atoms with Crippen LogP contribution >= 0.6 is 0 Å². The molecule has 1 amide bonds. The minimum atomic E-state index is -4.74. The zero-order chi connectivity index (χ0) is 70.7. The van der Waals surface area contributed by atoms with Crippen molar-refractivity contribution in [1.82, 2.24) is 40.5 Å². The molecule has 0 aromatic heterocycles. The highest BCUT2D eigenvalue weighted by Gasteiger charge is 2.43. The van der Waals surface area contributed by atoms with Gasteiger partial charge in [0.1, 0.15) is 0 Å². The lowest BCUT2D eigenvalue weighted by molar-refractivity contribution is -0.187. The third-order valence-corrected chi connectivity index (χ3v) is 29.1. The van der Waals surface area contributed by atoms with Gasteiger partial charge in [0.15, 0.2) is 0 Å². The van der Waals surface area contributed by atoms with Crippen LogP contribution in [0.15, 0.2) is 0 Å². The molecule has 5 aliphatic heterocycles. The number of morpholine rings is 1. The second-order valence-corrected chi connectivity index (χ2v) is 40.7. The second-order valence-electron chi connectivity index (χ2n) is 25.5. The lowest BCUT2D eigenvalue weighted by atomic mass is 10.1. The Kier molecular flexibility index (Phi) is 42.8. The molecule has 0 saturated carbocycles. The highest BCUT2D eigenvalue weighted by molar-refractivity contribution is 7.91. The van der Waals surface area contributed by atoms with Gasteiger partial charge in [-0.15, -0.1) is 0 Å². The summed E-state index contributed by atoms with van der Waals surface area (Å²) in [6.07, 6.45) is 1.53. The summed E-state index contributed by atoms with van der Waals surface area (Å²) in [5.74, 6) is -1.72. The van der Waals surface area contributed by atoms with Gasteiger partial charge in [-0.05, 0) is 164 Å². The number of alkyl halides is 3. The smallest absolute Gasteiger partial charge is 0.379 e. The fraction of sp³-hybridized carbons (Fsp3) is 0.982. The lowest BCUT2D eigenvalue weighted by Crippen LogP contribution is -2.53. The van der Waals surface area contributed by atoms with E-state index >= 15 is 0 Å². The summed E-state index contributed by atoms with van der Waals surface area (Å²) in [7, 11) is -13.2. The van der Waals surface area contributed by atoms with Crippen molar-refractivity contribution >= 4 is 66.0 Å². The lowest BCUT2D eigenvalue weighted by Gasteiger charge is -2.37. The molecule has 0 N–H and O–H groups in total. The number of amides is 1. The SMILES string of the molecule is CC(C)N1CCN(C(=O)C(F)(F)F)CC1.CC(C)N1CCOCC1.CC(C)S(=O)(=O)N(C)C.CC(C)S(=O)(=O)N(C)C(C)(C)C.CC(C)S(=O)(=O)N1CCC1.CC(C)S(=O)(=O)N1CCCC1.CC(C)S(=O)(=O)N1CCCCC1.CCN(CC)S(=O)(=O)C(C)C. The van der Waals surface area contributed by atoms with Crippen LogP contribution in [0, 0.1) is 0 Å². The monoisotopic (exact) mass is 1410 g/mol. The summed E-state index contributed by atoms with van der Waals surface area (Å²) < 4.78 is 187. The van der Waals surface area contributed by atoms with E-state index in [1.54, 1.807) is 98.7 Å². The van der Waals surface area contributed by atoms with Crippen molar-refractivity contribution in [3.63, 3.8) is 0 Å². The van der Waals surface area contributed by atoms with E-state index in [0.717, 1.165) is 103 Å². The van der Waals surface area contributed by atoms with Crippen LogP contribution in [0.2, 0.25) is 0 Å². The van der Waals surface area contributed by atoms with Gasteiger partial charge in [-0.1, -0.05) is 20.3 Å². The summed E-state index contributed by atoms with van der Waals surface area (Å²) >= 11 is 0. The number of piperazine rings is 1. The first kappa shape index (κ1) is 91.8. The first-order chi connectivity index (χ1) is 40.2. The van der Waals surface area contributed by atoms with E-state index in [-0.39, 0.29) is 50.1 Å². The highest BCUT2D eigenvalue weighted by Crippen LogP contribution is 2.22. The zero-order valence-electron chi connectivity index (χ0n) is 59.0. The van der Waals surface area contributed by atoms with Crippen LogP contribution in [0.3, 0.4) is 0 Å². The molecule has 5 heterocycles. The summed E-state index contributed by atoms with van der Waals surface area (Å²) in [6, 6.07) is 1.00. The number of rotatable bonds is 16. The Labute approximate surface area is 541 Å². The van der Waals surface area contributed by atoms with Crippen LogP contribution in [0.1, 0.15) is 184 Å². The maximum atomic E-state index is 12.1. The number of hydrogen-bond acceptors (Lipinski definition) is 16. The van der Waals surface area contributed by atoms with Crippen LogP contribution in [-0.2, 0) is 69.7 Å². The Morgan fingerprint density at radius 3 is 0.888 bits per heavy atom. The van der Waals surface area contributed by atoms with Crippen molar-refractivity contribution in [2.75, 3.05) is 126 Å². The molecular weight excluding hydrogens is 1280 g/mol. The number of piperidine rings is 1. The zero-order valence-corrected chi connectivity index (χ0v) is 63.9. The number of carbonyl (C=O) groups excluding carboxylic acids is 1. The average Bonchev–Trinajstić information content (AvgIpc) is 2.63. The van der Waals surface area contributed by atoms with Crippen molar-refractivity contribution in [2.45, 2.75) is 239 Å². The molecule has 538 valence electrons. The van der Waals surface area contributed by atoms with Crippen molar-refractivity contribution in [1.29, 1.82) is 0 Å². The minimum absolute atomic E-state index is 0.163. The van der Waals surface area contributed by atoms with Crippen LogP contribution in [0.4, 0.5) is 13.2 Å². The Morgan fingerprint density at radius 2 is 0.708 bits per heavy atom. The molecular formula is C57H124F3N9O14S6. The van der Waals surface area contributed by atoms with E-state index in [4.69, 9.17) is 4.74 Å². The summed E-state index contributed by atoms with van der Waals surface area (Å²) in [4.78, 5) is 16.2. The number of ether oxygens (including phenoxy) is 1. The van der Waals surface area contributed by atoms with Gasteiger partial charge in [0.25, 0.3) is 0 Å². The number of hydrogen-bond donors (Lipinski definition) is 0. The van der Waals surface area contributed by atoms with E-state index in [0.29, 0.717) is 38.3 Å². The molecule has 0 aromatic rings. The van der Waals surface area contributed by atoms with Gasteiger partial charge in [0, 0.05) is 130 Å². The molecule has 5 fully saturated rings. The predicted octanol–water partition coefficient (Wildman–Crippen LogP) is 7.10. The fourth-order valence-corrected chi connectivity index (χ4v) is 15.9. The Hall–Kier alpha value is -1.40. The molecule has 0 unspecified atom stereocenters. The minimum Gasteiger partial charge on any atom is -0.379 e. The van der Waals surface area contributed by atoms with Gasteiger partial charge in [-0.25, -0.2) is 72.0 Å². The molecule has 32 heteroatoms. The molecule has 23 nitrogen and oxygen atoms in total. The van der Waals surface area contributed by atoms with Gasteiger partial charge >= 0.3 is 12.1 Å². The van der Waals surface area contributed by atoms with Crippen molar-refractivity contribution < 1.29 is 73.2 Å². The summed E-state index contributed by atoms with van der Waals surface area (Å²) in [6.45, 7) is 49.1. The van der Waals surface area contributed by atoms with E-state index < -0.39 is 72.2 Å². The maximum Gasteiger partial charge on any atom is 0.471 e. The normalized spacial score (nSPS) is 18.4. The standard InChI is InChI=1S/C9H15F3N2O.C8H17NO2S.C8H19NO2S.C7H15NO2S.C7H17NO2S.C7H15NO.C6H13NO2S.C5H13NO2S/c1-7(2)13-3-5-14(6-4-13)8(15)9(10,11)12;1-8(2)12(10,11)9-6-4-3-5-7-9;1-7(2)12(10,11)9(6)8(3,4)5;1-7(2)11(9,10)8-5-3-4-6-8;1-5-8(6-2)11(9,10)7(3)4;1-7(2)8-3-5-9-6-4-8;1-6(2)10(8,9)7-4-3-5-7;1-5(2)9(7,8)6(3)4/h7H,3-6H2,1-2H3;8H,3-7H2,1-2H3;7H,1-6H3;7H,3-6H2,1-2H3;7H,5-6H2,1-4H3;7H,3-6H2,1-2H3;6H,3-5H2,1-2H3;5H,1-4H3. The van der Waals surface area contributed by atoms with E-state index in [1.165, 1.54) is 37.7 Å². The molecule has 5 aliphatic rings.